The van der Waals surface area contributed by atoms with Crippen LogP contribution in [0.3, 0.4) is 0 Å². The Bertz CT molecular complexity index is 587. The highest BCUT2D eigenvalue weighted by molar-refractivity contribution is 9.10. The Morgan fingerprint density at radius 3 is 2.56 bits per heavy atom. The monoisotopic (exact) mass is 328 g/mol. The second-order valence-electron chi connectivity index (χ2n) is 4.22. The Balaban J connectivity index is 2.56. The Kier molecular flexibility index (Phi) is 3.97. The lowest BCUT2D eigenvalue weighted by Crippen LogP contribution is -1.98. The summed E-state index contributed by atoms with van der Waals surface area (Å²) in [5.41, 5.74) is 1.59. The summed E-state index contributed by atoms with van der Waals surface area (Å²) >= 11 is 9.29. The van der Waals surface area contributed by atoms with Crippen molar-refractivity contribution in [3.05, 3.63) is 45.4 Å². The number of halogens is 3. The van der Waals surface area contributed by atoms with Gasteiger partial charge in [0.1, 0.15) is 11.0 Å². The van der Waals surface area contributed by atoms with E-state index >= 15 is 0 Å². The molecule has 5 heteroatoms. The predicted octanol–water partition coefficient (Wildman–Crippen LogP) is 4.82. The third kappa shape index (κ3) is 2.87. The molecule has 1 heterocycles. The Morgan fingerprint density at radius 1 is 1.22 bits per heavy atom. The first-order valence-corrected chi connectivity index (χ1v) is 6.64. The summed E-state index contributed by atoms with van der Waals surface area (Å²) in [6, 6.07) is 6.14. The molecule has 0 fully saturated rings. The fourth-order valence-corrected chi connectivity index (χ4v) is 2.24. The van der Waals surface area contributed by atoms with E-state index in [9.17, 15) is 4.39 Å². The van der Waals surface area contributed by atoms with Crippen LogP contribution in [0.1, 0.15) is 25.5 Å². The van der Waals surface area contributed by atoms with Crippen molar-refractivity contribution < 1.29 is 4.39 Å². The molecule has 0 saturated heterocycles. The van der Waals surface area contributed by atoms with Crippen molar-refractivity contribution >= 4 is 27.5 Å². The first kappa shape index (κ1) is 13.4. The van der Waals surface area contributed by atoms with Gasteiger partial charge in [-0.25, -0.2) is 14.4 Å². The molecule has 0 aliphatic rings. The molecule has 94 valence electrons. The highest BCUT2D eigenvalue weighted by Crippen LogP contribution is 2.28. The lowest BCUT2D eigenvalue weighted by Gasteiger charge is -2.09. The van der Waals surface area contributed by atoms with Crippen LogP contribution in [-0.2, 0) is 0 Å². The van der Waals surface area contributed by atoms with Gasteiger partial charge in [-0.2, -0.15) is 0 Å². The molecular weight excluding hydrogens is 319 g/mol. The first-order chi connectivity index (χ1) is 8.47. The molecule has 0 bridgehead atoms. The molecule has 2 aromatic rings. The molecular formula is C13H11BrClFN2. The van der Waals surface area contributed by atoms with Crippen LogP contribution in [0.5, 0.6) is 0 Å². The standard InChI is InChI=1S/C13H11BrClFN2/c1-7(2)11-6-12(15)18-13(17-11)9-4-3-8(16)5-10(9)14/h3-7H,1-2H3. The lowest BCUT2D eigenvalue weighted by molar-refractivity contribution is 0.627. The summed E-state index contributed by atoms with van der Waals surface area (Å²) < 4.78 is 13.7. The topological polar surface area (TPSA) is 25.8 Å². The van der Waals surface area contributed by atoms with E-state index in [0.29, 0.717) is 15.5 Å². The molecule has 1 aromatic carbocycles. The maximum atomic E-state index is 13.1. The zero-order valence-corrected chi connectivity index (χ0v) is 12.3. The van der Waals surface area contributed by atoms with Crippen LogP contribution >= 0.6 is 27.5 Å². The molecule has 0 saturated carbocycles. The van der Waals surface area contributed by atoms with E-state index in [1.165, 1.54) is 12.1 Å². The third-order valence-electron chi connectivity index (χ3n) is 2.48. The molecule has 2 rings (SSSR count). The highest BCUT2D eigenvalue weighted by atomic mass is 79.9. The average Bonchev–Trinajstić information content (AvgIpc) is 2.27. The van der Waals surface area contributed by atoms with Gasteiger partial charge in [0, 0.05) is 15.7 Å². The van der Waals surface area contributed by atoms with E-state index in [0.717, 1.165) is 11.3 Å². The summed E-state index contributed by atoms with van der Waals surface area (Å²) in [5.74, 6) is 0.443. The minimum atomic E-state index is -0.309. The molecule has 0 atom stereocenters. The fourth-order valence-electron chi connectivity index (χ4n) is 1.52. The summed E-state index contributed by atoms with van der Waals surface area (Å²) in [4.78, 5) is 8.62. The molecule has 2 nitrogen and oxygen atoms in total. The van der Waals surface area contributed by atoms with Gasteiger partial charge in [0.05, 0.1) is 0 Å². The van der Waals surface area contributed by atoms with Crippen molar-refractivity contribution in [1.82, 2.24) is 9.97 Å². The summed E-state index contributed by atoms with van der Waals surface area (Å²) in [5, 5.41) is 0.389. The van der Waals surface area contributed by atoms with Crippen LogP contribution in [0.2, 0.25) is 5.15 Å². The predicted molar refractivity (Wildman–Crippen MR) is 74.2 cm³/mol. The van der Waals surface area contributed by atoms with Crippen LogP contribution in [-0.4, -0.2) is 9.97 Å². The smallest absolute Gasteiger partial charge is 0.162 e. The van der Waals surface area contributed by atoms with Crippen molar-refractivity contribution in [2.45, 2.75) is 19.8 Å². The van der Waals surface area contributed by atoms with E-state index in [1.807, 2.05) is 13.8 Å². The zero-order chi connectivity index (χ0) is 13.3. The molecule has 0 aliphatic heterocycles. The molecule has 0 amide bonds. The minimum absolute atomic E-state index is 0.253. The quantitative estimate of drug-likeness (QED) is 0.738. The third-order valence-corrected chi connectivity index (χ3v) is 3.33. The molecule has 0 spiro atoms. The second kappa shape index (κ2) is 5.33. The van der Waals surface area contributed by atoms with Gasteiger partial charge in [0.15, 0.2) is 5.82 Å². The van der Waals surface area contributed by atoms with E-state index in [1.54, 1.807) is 12.1 Å². The Labute approximate surface area is 118 Å². The van der Waals surface area contributed by atoms with Gasteiger partial charge in [-0.1, -0.05) is 25.4 Å². The van der Waals surface area contributed by atoms with Gasteiger partial charge >= 0.3 is 0 Å². The second-order valence-corrected chi connectivity index (χ2v) is 5.46. The Hall–Kier alpha value is -1.000. The van der Waals surface area contributed by atoms with Gasteiger partial charge in [-0.3, -0.25) is 0 Å². The molecule has 0 aliphatic carbocycles. The van der Waals surface area contributed by atoms with Gasteiger partial charge in [0.25, 0.3) is 0 Å². The average molecular weight is 330 g/mol. The fraction of sp³-hybridized carbons (Fsp3) is 0.231. The molecule has 0 unspecified atom stereocenters. The van der Waals surface area contributed by atoms with Crippen LogP contribution < -0.4 is 0 Å². The molecule has 1 aromatic heterocycles. The van der Waals surface area contributed by atoms with Gasteiger partial charge in [-0.05, 0) is 46.1 Å². The number of aromatic nitrogens is 2. The molecule has 0 radical (unpaired) electrons. The highest BCUT2D eigenvalue weighted by Gasteiger charge is 2.11. The van der Waals surface area contributed by atoms with Crippen molar-refractivity contribution in [2.24, 2.45) is 0 Å². The summed E-state index contributed by atoms with van der Waals surface area (Å²) in [7, 11) is 0. The Morgan fingerprint density at radius 2 is 1.94 bits per heavy atom. The van der Waals surface area contributed by atoms with Gasteiger partial charge in [0.2, 0.25) is 0 Å². The van der Waals surface area contributed by atoms with Gasteiger partial charge in [-0.15, -0.1) is 0 Å². The van der Waals surface area contributed by atoms with Crippen molar-refractivity contribution in [1.29, 1.82) is 0 Å². The first-order valence-electron chi connectivity index (χ1n) is 5.47. The van der Waals surface area contributed by atoms with E-state index < -0.39 is 0 Å². The molecule has 18 heavy (non-hydrogen) atoms. The van der Waals surface area contributed by atoms with Crippen LogP contribution in [0.4, 0.5) is 4.39 Å². The van der Waals surface area contributed by atoms with E-state index in [4.69, 9.17) is 11.6 Å². The minimum Gasteiger partial charge on any atom is -0.233 e. The number of benzene rings is 1. The maximum Gasteiger partial charge on any atom is 0.162 e. The van der Waals surface area contributed by atoms with E-state index in [2.05, 4.69) is 25.9 Å². The number of nitrogens with zero attached hydrogens (tertiary/aromatic N) is 2. The summed E-state index contributed by atoms with van der Waals surface area (Å²) in [6.45, 7) is 4.06. The van der Waals surface area contributed by atoms with Crippen LogP contribution in [0, 0.1) is 5.82 Å². The largest absolute Gasteiger partial charge is 0.233 e. The number of rotatable bonds is 2. The number of hydrogen-bond donors (Lipinski definition) is 0. The maximum absolute atomic E-state index is 13.1. The van der Waals surface area contributed by atoms with Crippen molar-refractivity contribution in [3.63, 3.8) is 0 Å². The van der Waals surface area contributed by atoms with Crippen LogP contribution in [0.25, 0.3) is 11.4 Å². The van der Waals surface area contributed by atoms with Crippen molar-refractivity contribution in [2.75, 3.05) is 0 Å². The normalized spacial score (nSPS) is 11.0. The van der Waals surface area contributed by atoms with Crippen LogP contribution in [0.15, 0.2) is 28.7 Å². The summed E-state index contributed by atoms with van der Waals surface area (Å²) in [6.07, 6.45) is 0. The zero-order valence-electron chi connectivity index (χ0n) is 9.92. The van der Waals surface area contributed by atoms with Crippen molar-refractivity contribution in [3.8, 4) is 11.4 Å². The van der Waals surface area contributed by atoms with Gasteiger partial charge < -0.3 is 0 Å². The lowest BCUT2D eigenvalue weighted by atomic mass is 10.1. The SMILES string of the molecule is CC(C)c1cc(Cl)nc(-c2ccc(F)cc2Br)n1. The molecule has 0 N–H and O–H groups in total. The number of hydrogen-bond acceptors (Lipinski definition) is 2. The van der Waals surface area contributed by atoms with E-state index in [-0.39, 0.29) is 11.7 Å².